The van der Waals surface area contributed by atoms with Crippen molar-refractivity contribution in [3.63, 3.8) is 0 Å². The number of hydrogen-bond acceptors (Lipinski definition) is 6. The van der Waals surface area contributed by atoms with Crippen molar-refractivity contribution in [3.8, 4) is 11.3 Å². The van der Waals surface area contributed by atoms with Crippen LogP contribution in [0.3, 0.4) is 0 Å². The molecule has 2 N–H and O–H groups in total. The summed E-state index contributed by atoms with van der Waals surface area (Å²) in [6, 6.07) is 17.2. The molecule has 2 amide bonds. The molecule has 2 aromatic heterocycles. The lowest BCUT2D eigenvalue weighted by molar-refractivity contribution is -0.121. The van der Waals surface area contributed by atoms with E-state index in [0.29, 0.717) is 37.3 Å². The van der Waals surface area contributed by atoms with Gasteiger partial charge in [0.05, 0.1) is 24.0 Å². The quantitative estimate of drug-likeness (QED) is 0.464. The Bertz CT molecular complexity index is 1420. The smallest absolute Gasteiger partial charge is 0.253 e. The average Bonchev–Trinajstić information content (AvgIpc) is 3.37. The van der Waals surface area contributed by atoms with Crippen molar-refractivity contribution in [2.24, 2.45) is 5.92 Å². The van der Waals surface area contributed by atoms with Gasteiger partial charge in [0.2, 0.25) is 5.91 Å². The second-order valence-electron chi connectivity index (χ2n) is 9.31. The third-order valence-corrected chi connectivity index (χ3v) is 7.04. The highest BCUT2D eigenvalue weighted by Crippen LogP contribution is 2.27. The van der Waals surface area contributed by atoms with Gasteiger partial charge in [-0.1, -0.05) is 24.3 Å². The molecule has 36 heavy (non-hydrogen) atoms. The number of amides is 2. The van der Waals surface area contributed by atoms with Crippen LogP contribution < -0.4 is 10.6 Å². The second kappa shape index (κ2) is 9.50. The van der Waals surface area contributed by atoms with Crippen LogP contribution in [0.5, 0.6) is 0 Å². The van der Waals surface area contributed by atoms with Crippen LogP contribution >= 0.6 is 0 Å². The van der Waals surface area contributed by atoms with Crippen molar-refractivity contribution >= 4 is 28.5 Å². The summed E-state index contributed by atoms with van der Waals surface area (Å²) in [6.45, 7) is 3.70. The molecular weight excluding hydrogens is 454 g/mol. The van der Waals surface area contributed by atoms with Gasteiger partial charge in [-0.25, -0.2) is 4.98 Å². The van der Waals surface area contributed by atoms with Crippen LogP contribution in [0.1, 0.15) is 29.0 Å². The lowest BCUT2D eigenvalue weighted by Gasteiger charge is -2.31. The number of piperidine rings is 1. The number of benzene rings is 2. The second-order valence-corrected chi connectivity index (χ2v) is 9.31. The number of rotatable bonds is 4. The lowest BCUT2D eigenvalue weighted by atomic mass is 9.95. The molecule has 9 heteroatoms. The summed E-state index contributed by atoms with van der Waals surface area (Å²) in [5, 5.41) is 15.7. The third kappa shape index (κ3) is 4.33. The van der Waals surface area contributed by atoms with E-state index in [1.165, 1.54) is 0 Å². The Balaban J connectivity index is 1.13. The molecule has 4 heterocycles. The van der Waals surface area contributed by atoms with Crippen LogP contribution in [-0.4, -0.2) is 56.1 Å². The predicted molar refractivity (Wildman–Crippen MR) is 136 cm³/mol. The highest BCUT2D eigenvalue weighted by Gasteiger charge is 2.28. The molecule has 1 fully saturated rings. The van der Waals surface area contributed by atoms with E-state index in [2.05, 4.69) is 36.4 Å². The topological polar surface area (TPSA) is 105 Å². The number of carbonyl (C=O) groups is 2. The van der Waals surface area contributed by atoms with Gasteiger partial charge >= 0.3 is 0 Å². The number of carbonyl (C=O) groups excluding carboxylic acids is 2. The van der Waals surface area contributed by atoms with Crippen molar-refractivity contribution in [3.05, 3.63) is 72.2 Å². The van der Waals surface area contributed by atoms with Gasteiger partial charge < -0.3 is 20.1 Å². The normalized spacial score (nSPS) is 16.1. The standard InChI is InChI=1S/C27H27N7O2/c35-26(18-8-11-33(12-9-18)27(36)19-4-2-1-3-5-19)30-24-15-21-14-20(6-7-22(21)31-32-24)23-16-29-25-17-28-10-13-34(23)25/h1-7,14-16,18,28H,8-13,17H2,(H,30,32,35). The van der Waals surface area contributed by atoms with Crippen LogP contribution in [0, 0.1) is 5.92 Å². The number of hydrogen-bond donors (Lipinski definition) is 2. The largest absolute Gasteiger partial charge is 0.339 e. The van der Waals surface area contributed by atoms with Crippen molar-refractivity contribution < 1.29 is 9.59 Å². The molecule has 0 aliphatic carbocycles. The molecule has 0 radical (unpaired) electrons. The van der Waals surface area contributed by atoms with Crippen LogP contribution in [0.4, 0.5) is 5.82 Å². The molecule has 2 aromatic carbocycles. The van der Waals surface area contributed by atoms with Crippen molar-refractivity contribution in [1.82, 2.24) is 30.0 Å². The van der Waals surface area contributed by atoms with E-state index in [-0.39, 0.29) is 17.7 Å². The van der Waals surface area contributed by atoms with E-state index in [4.69, 9.17) is 0 Å². The van der Waals surface area contributed by atoms with Crippen molar-refractivity contribution in [2.75, 3.05) is 25.0 Å². The van der Waals surface area contributed by atoms with Gasteiger partial charge in [-0.3, -0.25) is 9.59 Å². The molecule has 0 saturated carbocycles. The molecule has 9 nitrogen and oxygen atoms in total. The number of likely N-dealkylation sites (tertiary alicyclic amines) is 1. The third-order valence-electron chi connectivity index (χ3n) is 7.04. The maximum absolute atomic E-state index is 13.0. The molecule has 0 bridgehead atoms. The summed E-state index contributed by atoms with van der Waals surface area (Å²) in [5.74, 6) is 1.24. The Labute approximate surface area is 208 Å². The van der Waals surface area contributed by atoms with Crippen LogP contribution in [0.25, 0.3) is 22.2 Å². The van der Waals surface area contributed by atoms with E-state index in [0.717, 1.165) is 47.6 Å². The van der Waals surface area contributed by atoms with Gasteiger partial charge in [-0.05, 0) is 43.2 Å². The SMILES string of the molecule is O=C(Nc1cc2cc(-c3cnc4n3CCNC4)ccc2nn1)C1CCN(C(=O)c2ccccc2)CC1. The summed E-state index contributed by atoms with van der Waals surface area (Å²) in [7, 11) is 0. The Kier molecular flexibility index (Phi) is 5.90. The molecule has 6 rings (SSSR count). The zero-order valence-electron chi connectivity index (χ0n) is 19.9. The van der Waals surface area contributed by atoms with E-state index in [9.17, 15) is 9.59 Å². The first-order chi connectivity index (χ1) is 17.7. The fourth-order valence-electron chi connectivity index (χ4n) is 5.03. The van der Waals surface area contributed by atoms with Gasteiger partial charge in [0.25, 0.3) is 5.91 Å². The Morgan fingerprint density at radius 3 is 2.64 bits per heavy atom. The number of nitrogens with zero attached hydrogens (tertiary/aromatic N) is 5. The lowest BCUT2D eigenvalue weighted by Crippen LogP contribution is -2.41. The molecule has 1 saturated heterocycles. The van der Waals surface area contributed by atoms with Crippen molar-refractivity contribution in [2.45, 2.75) is 25.9 Å². The molecule has 4 aromatic rings. The zero-order chi connectivity index (χ0) is 24.5. The molecule has 0 unspecified atom stereocenters. The summed E-state index contributed by atoms with van der Waals surface area (Å²) in [6.07, 6.45) is 3.16. The molecule has 2 aliphatic heterocycles. The van der Waals surface area contributed by atoms with Gasteiger partial charge in [0, 0.05) is 48.6 Å². The molecule has 182 valence electrons. The molecule has 0 spiro atoms. The fraction of sp³-hybridized carbons (Fsp3) is 0.296. The van der Waals surface area contributed by atoms with Gasteiger partial charge in [-0.15, -0.1) is 10.2 Å². The van der Waals surface area contributed by atoms with E-state index in [1.54, 1.807) is 0 Å². The van der Waals surface area contributed by atoms with Gasteiger partial charge in [-0.2, -0.15) is 0 Å². The maximum atomic E-state index is 13.0. The molecular formula is C27H27N7O2. The molecule has 2 aliphatic rings. The number of anilines is 1. The number of fused-ring (bicyclic) bond motifs is 2. The summed E-state index contributed by atoms with van der Waals surface area (Å²) in [5.41, 5.74) is 3.58. The van der Waals surface area contributed by atoms with Crippen LogP contribution in [0.15, 0.2) is 60.8 Å². The summed E-state index contributed by atoms with van der Waals surface area (Å²) in [4.78, 5) is 32.0. The first-order valence-electron chi connectivity index (χ1n) is 12.3. The van der Waals surface area contributed by atoms with E-state index >= 15 is 0 Å². The number of imidazole rings is 1. The maximum Gasteiger partial charge on any atom is 0.253 e. The zero-order valence-corrected chi connectivity index (χ0v) is 19.9. The number of aromatic nitrogens is 4. The summed E-state index contributed by atoms with van der Waals surface area (Å²) >= 11 is 0. The first kappa shape index (κ1) is 22.4. The molecule has 0 atom stereocenters. The fourth-order valence-corrected chi connectivity index (χ4v) is 5.03. The number of nitrogens with one attached hydrogen (secondary N) is 2. The van der Waals surface area contributed by atoms with Crippen molar-refractivity contribution in [1.29, 1.82) is 0 Å². The Morgan fingerprint density at radius 2 is 1.81 bits per heavy atom. The van der Waals surface area contributed by atoms with Crippen LogP contribution in [-0.2, 0) is 17.9 Å². The highest BCUT2D eigenvalue weighted by atomic mass is 16.2. The minimum Gasteiger partial charge on any atom is -0.339 e. The van der Waals surface area contributed by atoms with E-state index in [1.807, 2.05) is 59.6 Å². The minimum absolute atomic E-state index is 0.0152. The Morgan fingerprint density at radius 1 is 0.972 bits per heavy atom. The van der Waals surface area contributed by atoms with Gasteiger partial charge in [0.1, 0.15) is 5.82 Å². The predicted octanol–water partition coefficient (Wildman–Crippen LogP) is 3.09. The monoisotopic (exact) mass is 481 g/mol. The highest BCUT2D eigenvalue weighted by molar-refractivity contribution is 5.96. The average molecular weight is 482 g/mol. The van der Waals surface area contributed by atoms with Gasteiger partial charge in [0.15, 0.2) is 5.82 Å². The first-order valence-corrected chi connectivity index (χ1v) is 12.3. The van der Waals surface area contributed by atoms with Crippen LogP contribution in [0.2, 0.25) is 0 Å². The Hall–Kier alpha value is -4.11. The summed E-state index contributed by atoms with van der Waals surface area (Å²) < 4.78 is 2.24. The minimum atomic E-state index is -0.166. The van der Waals surface area contributed by atoms with E-state index < -0.39 is 0 Å².